The predicted molar refractivity (Wildman–Crippen MR) is 75.0 cm³/mol. The molecule has 0 radical (unpaired) electrons. The molecule has 1 unspecified atom stereocenters. The average Bonchev–Trinajstić information content (AvgIpc) is 2.37. The first-order valence-electron chi connectivity index (χ1n) is 6.37. The van der Waals surface area contributed by atoms with Gasteiger partial charge in [0.05, 0.1) is 19.4 Å². The lowest BCUT2D eigenvalue weighted by Crippen LogP contribution is -2.45. The minimum atomic E-state index is -2.79. The molecule has 124 valence electrons. The molecule has 8 nitrogen and oxygen atoms in total. The van der Waals surface area contributed by atoms with Crippen LogP contribution < -0.4 is 0 Å². The van der Waals surface area contributed by atoms with Gasteiger partial charge in [-0.05, 0) is 0 Å². The molecule has 1 atom stereocenters. The summed E-state index contributed by atoms with van der Waals surface area (Å²) in [6.45, 7) is 6.37. The normalized spacial score (nSPS) is 13.7. The zero-order valence-corrected chi connectivity index (χ0v) is 12.0. The van der Waals surface area contributed by atoms with Crippen molar-refractivity contribution in [3.05, 3.63) is 25.3 Å². The van der Waals surface area contributed by atoms with E-state index in [0.717, 1.165) is 0 Å². The second-order valence-corrected chi connectivity index (χ2v) is 4.88. The molecule has 0 saturated carbocycles. The quantitative estimate of drug-likeness (QED) is 0.310. The largest absolute Gasteiger partial charge is 0.481 e. The van der Waals surface area contributed by atoms with Crippen molar-refractivity contribution in [3.8, 4) is 0 Å². The molecule has 22 heavy (non-hydrogen) atoms. The maximum Gasteiger partial charge on any atom is 0.336 e. The molecule has 0 spiro atoms. The standard InChI is InChI=1S/C14H20O8/c1-3-5-13(9-15,6-4-2)22-11(18)8-14(21,12(19)20)7-10(16)17/h3-4,15,21H,1-2,5-9H2,(H,16,17)(H,19,20). The van der Waals surface area contributed by atoms with Crippen molar-refractivity contribution >= 4 is 17.9 Å². The Labute approximate surface area is 127 Å². The van der Waals surface area contributed by atoms with Crippen molar-refractivity contribution in [1.29, 1.82) is 0 Å². The Morgan fingerprint density at radius 1 is 1.05 bits per heavy atom. The third-order valence-electron chi connectivity index (χ3n) is 2.93. The zero-order valence-electron chi connectivity index (χ0n) is 12.0. The van der Waals surface area contributed by atoms with Gasteiger partial charge in [-0.15, -0.1) is 13.2 Å². The molecule has 0 fully saturated rings. The SMILES string of the molecule is C=CCC(CO)(CC=C)OC(=O)CC(O)(CC(=O)O)C(=O)O. The van der Waals surface area contributed by atoms with Crippen LogP contribution in [0.15, 0.2) is 25.3 Å². The molecule has 0 aliphatic heterocycles. The van der Waals surface area contributed by atoms with Crippen LogP contribution in [0.3, 0.4) is 0 Å². The van der Waals surface area contributed by atoms with Crippen molar-refractivity contribution in [2.75, 3.05) is 6.61 Å². The van der Waals surface area contributed by atoms with Crippen LogP contribution >= 0.6 is 0 Å². The van der Waals surface area contributed by atoms with Gasteiger partial charge in [0.2, 0.25) is 0 Å². The van der Waals surface area contributed by atoms with Crippen LogP contribution in [0.25, 0.3) is 0 Å². The number of esters is 1. The molecule has 0 aromatic rings. The van der Waals surface area contributed by atoms with E-state index < -0.39 is 48.6 Å². The van der Waals surface area contributed by atoms with Crippen LogP contribution in [-0.2, 0) is 19.1 Å². The second kappa shape index (κ2) is 8.30. The van der Waals surface area contributed by atoms with Crippen molar-refractivity contribution < 1.29 is 39.5 Å². The van der Waals surface area contributed by atoms with Crippen LogP contribution in [0, 0.1) is 0 Å². The van der Waals surface area contributed by atoms with Gasteiger partial charge in [-0.1, -0.05) is 12.2 Å². The van der Waals surface area contributed by atoms with Gasteiger partial charge in [0.15, 0.2) is 5.60 Å². The highest BCUT2D eigenvalue weighted by Gasteiger charge is 2.43. The van der Waals surface area contributed by atoms with Crippen LogP contribution in [0.2, 0.25) is 0 Å². The highest BCUT2D eigenvalue weighted by Crippen LogP contribution is 2.25. The van der Waals surface area contributed by atoms with E-state index >= 15 is 0 Å². The summed E-state index contributed by atoms with van der Waals surface area (Å²) >= 11 is 0. The molecule has 8 heteroatoms. The molecular weight excluding hydrogens is 296 g/mol. The number of rotatable bonds is 11. The van der Waals surface area contributed by atoms with Crippen molar-refractivity contribution in [2.45, 2.75) is 36.9 Å². The van der Waals surface area contributed by atoms with Crippen LogP contribution in [0.5, 0.6) is 0 Å². The minimum absolute atomic E-state index is 0.0751. The van der Waals surface area contributed by atoms with Gasteiger partial charge >= 0.3 is 17.9 Å². The van der Waals surface area contributed by atoms with Gasteiger partial charge in [0.1, 0.15) is 5.60 Å². The van der Waals surface area contributed by atoms with Crippen molar-refractivity contribution in [1.82, 2.24) is 0 Å². The van der Waals surface area contributed by atoms with Gasteiger partial charge in [0, 0.05) is 12.8 Å². The molecule has 4 N–H and O–H groups in total. The molecule has 0 amide bonds. The first kappa shape index (κ1) is 19.8. The number of carboxylic acids is 2. The summed E-state index contributed by atoms with van der Waals surface area (Å²) in [6, 6.07) is 0. The fourth-order valence-electron chi connectivity index (χ4n) is 1.83. The molecule has 0 aromatic carbocycles. The summed E-state index contributed by atoms with van der Waals surface area (Å²) in [7, 11) is 0. The van der Waals surface area contributed by atoms with E-state index in [4.69, 9.17) is 14.9 Å². The van der Waals surface area contributed by atoms with E-state index in [0.29, 0.717) is 0 Å². The van der Waals surface area contributed by atoms with Gasteiger partial charge in [0.25, 0.3) is 0 Å². The highest BCUT2D eigenvalue weighted by atomic mass is 16.6. The Bertz CT molecular complexity index is 446. The number of aliphatic hydroxyl groups excluding tert-OH is 1. The maximum absolute atomic E-state index is 11.9. The zero-order chi connectivity index (χ0) is 17.4. The predicted octanol–water partition coefficient (Wildman–Crippen LogP) is 0.0934. The van der Waals surface area contributed by atoms with Gasteiger partial charge < -0.3 is 25.2 Å². The molecule has 0 heterocycles. The van der Waals surface area contributed by atoms with Gasteiger partial charge in [-0.3, -0.25) is 9.59 Å². The molecule has 0 bridgehead atoms. The van der Waals surface area contributed by atoms with Crippen LogP contribution in [0.1, 0.15) is 25.7 Å². The lowest BCUT2D eigenvalue weighted by atomic mass is 9.94. The second-order valence-electron chi connectivity index (χ2n) is 4.88. The van der Waals surface area contributed by atoms with E-state index in [1.165, 1.54) is 12.2 Å². The number of hydrogen-bond acceptors (Lipinski definition) is 6. The summed E-state index contributed by atoms with van der Waals surface area (Å²) in [5.41, 5.74) is -4.16. The monoisotopic (exact) mass is 316 g/mol. The Balaban J connectivity index is 5.14. The first-order chi connectivity index (χ1) is 10.1. The number of ether oxygens (including phenoxy) is 1. The fourth-order valence-corrected chi connectivity index (χ4v) is 1.83. The lowest BCUT2D eigenvalue weighted by molar-refractivity contribution is -0.179. The summed E-state index contributed by atoms with van der Waals surface area (Å²) in [6.07, 6.45) is 0.718. The fraction of sp³-hybridized carbons (Fsp3) is 0.500. The third-order valence-corrected chi connectivity index (χ3v) is 2.93. The van der Waals surface area contributed by atoms with Gasteiger partial charge in [-0.2, -0.15) is 0 Å². The van der Waals surface area contributed by atoms with E-state index in [1.807, 2.05) is 0 Å². The van der Waals surface area contributed by atoms with Gasteiger partial charge in [-0.25, -0.2) is 4.79 Å². The number of hydrogen-bond donors (Lipinski definition) is 4. The molecule has 0 aromatic heterocycles. The number of aliphatic hydroxyl groups is 2. The highest BCUT2D eigenvalue weighted by molar-refractivity contribution is 5.88. The summed E-state index contributed by atoms with van der Waals surface area (Å²) in [4.78, 5) is 33.4. The first-order valence-corrected chi connectivity index (χ1v) is 6.37. The molecule has 0 rings (SSSR count). The summed E-state index contributed by atoms with van der Waals surface area (Å²) < 4.78 is 5.05. The molecule has 0 aliphatic rings. The minimum Gasteiger partial charge on any atom is -0.481 e. The number of aliphatic carboxylic acids is 2. The molecule has 0 saturated heterocycles. The van der Waals surface area contributed by atoms with Crippen LogP contribution in [0.4, 0.5) is 0 Å². The number of carboxylic acid groups (broad SMARTS) is 2. The van der Waals surface area contributed by atoms with E-state index in [-0.39, 0.29) is 12.8 Å². The smallest absolute Gasteiger partial charge is 0.336 e. The van der Waals surface area contributed by atoms with E-state index in [2.05, 4.69) is 13.2 Å². The molecular formula is C14H20O8. The maximum atomic E-state index is 11.9. The Kier molecular flexibility index (Phi) is 7.47. The lowest BCUT2D eigenvalue weighted by Gasteiger charge is -2.31. The number of carbonyl (C=O) groups is 3. The summed E-state index contributed by atoms with van der Waals surface area (Å²) in [5, 5.41) is 36.7. The molecule has 0 aliphatic carbocycles. The Morgan fingerprint density at radius 2 is 1.55 bits per heavy atom. The Hall–Kier alpha value is -2.19. The topological polar surface area (TPSA) is 141 Å². The summed E-state index contributed by atoms with van der Waals surface area (Å²) in [5.74, 6) is -4.58. The average molecular weight is 316 g/mol. The Morgan fingerprint density at radius 3 is 1.86 bits per heavy atom. The number of carbonyl (C=O) groups excluding carboxylic acids is 1. The van der Waals surface area contributed by atoms with E-state index in [1.54, 1.807) is 0 Å². The van der Waals surface area contributed by atoms with Crippen molar-refractivity contribution in [2.24, 2.45) is 0 Å². The van der Waals surface area contributed by atoms with Crippen LogP contribution in [-0.4, -0.2) is 56.1 Å². The third kappa shape index (κ3) is 5.66. The van der Waals surface area contributed by atoms with E-state index in [9.17, 15) is 24.6 Å². The van der Waals surface area contributed by atoms with Crippen molar-refractivity contribution in [3.63, 3.8) is 0 Å².